The number of hydrogen-bond acceptors (Lipinski definition) is 7. The normalized spacial score (nSPS) is 13.7. The van der Waals surface area contributed by atoms with Crippen LogP contribution in [0.5, 0.6) is 11.5 Å². The topological polar surface area (TPSA) is 150 Å². The lowest BCUT2D eigenvalue weighted by Crippen LogP contribution is -2.62. The molecule has 0 spiro atoms. The Kier molecular flexibility index (Phi) is 7.01. The minimum atomic E-state index is -2.07. The van der Waals surface area contributed by atoms with Crippen LogP contribution in [0.4, 0.5) is 4.79 Å². The summed E-state index contributed by atoms with van der Waals surface area (Å²) in [4.78, 5) is 38.2. The molecule has 0 fully saturated rings. The summed E-state index contributed by atoms with van der Waals surface area (Å²) in [5.41, 5.74) is 4.51. The SMILES string of the molecule is C[C@@H](N)C(=O)N(C(=O)OCc1ccccc1)[C@@](C)(Cc1ccc(O)c(O)c1)C(=O)O. The van der Waals surface area contributed by atoms with E-state index < -0.39 is 35.3 Å². The first-order valence-electron chi connectivity index (χ1n) is 9.11. The molecule has 2 rings (SSSR count). The molecule has 2 atom stereocenters. The van der Waals surface area contributed by atoms with Crippen molar-refractivity contribution >= 4 is 18.0 Å². The van der Waals surface area contributed by atoms with Gasteiger partial charge in [-0.2, -0.15) is 0 Å². The molecular weight excluding hydrogens is 392 g/mol. The molecule has 0 radical (unpaired) electrons. The first-order chi connectivity index (χ1) is 14.1. The number of amides is 2. The Labute approximate surface area is 173 Å². The summed E-state index contributed by atoms with van der Waals surface area (Å²) in [5.74, 6) is -3.25. The third kappa shape index (κ3) is 5.06. The number of phenols is 2. The second-order valence-electron chi connectivity index (χ2n) is 7.08. The number of ether oxygens (including phenoxy) is 1. The van der Waals surface area contributed by atoms with Crippen molar-refractivity contribution in [2.75, 3.05) is 0 Å². The van der Waals surface area contributed by atoms with E-state index in [0.29, 0.717) is 10.5 Å². The predicted molar refractivity (Wildman–Crippen MR) is 107 cm³/mol. The van der Waals surface area contributed by atoms with E-state index in [1.807, 2.05) is 0 Å². The Morgan fingerprint density at radius 3 is 2.23 bits per heavy atom. The zero-order valence-corrected chi connectivity index (χ0v) is 16.6. The second-order valence-corrected chi connectivity index (χ2v) is 7.08. The van der Waals surface area contributed by atoms with Gasteiger partial charge < -0.3 is 25.8 Å². The summed E-state index contributed by atoms with van der Waals surface area (Å²) in [7, 11) is 0. The smallest absolute Gasteiger partial charge is 0.417 e. The maximum Gasteiger partial charge on any atom is 0.417 e. The number of rotatable bonds is 7. The number of carbonyl (C=O) groups excluding carboxylic acids is 2. The van der Waals surface area contributed by atoms with Crippen molar-refractivity contribution in [1.29, 1.82) is 0 Å². The molecule has 0 aliphatic rings. The number of hydrogen-bond donors (Lipinski definition) is 4. The lowest BCUT2D eigenvalue weighted by atomic mass is 9.90. The largest absolute Gasteiger partial charge is 0.504 e. The number of benzene rings is 2. The number of carboxylic acid groups (broad SMARTS) is 1. The fourth-order valence-electron chi connectivity index (χ4n) is 2.85. The Morgan fingerprint density at radius 2 is 1.70 bits per heavy atom. The molecule has 0 saturated heterocycles. The molecule has 0 heterocycles. The van der Waals surface area contributed by atoms with Crippen LogP contribution in [0, 0.1) is 0 Å². The number of carbonyl (C=O) groups is 3. The van der Waals surface area contributed by atoms with Crippen LogP contribution in [-0.2, 0) is 27.4 Å². The fourth-order valence-corrected chi connectivity index (χ4v) is 2.85. The summed E-state index contributed by atoms with van der Waals surface area (Å²) in [6.45, 7) is 2.34. The van der Waals surface area contributed by atoms with E-state index in [1.54, 1.807) is 30.3 Å². The highest BCUT2D eigenvalue weighted by Crippen LogP contribution is 2.29. The summed E-state index contributed by atoms with van der Waals surface area (Å²) in [6.07, 6.45) is -1.51. The highest BCUT2D eigenvalue weighted by Gasteiger charge is 2.48. The van der Waals surface area contributed by atoms with Crippen molar-refractivity contribution in [3.8, 4) is 11.5 Å². The minimum absolute atomic E-state index is 0.169. The lowest BCUT2D eigenvalue weighted by molar-refractivity contribution is -0.156. The monoisotopic (exact) mass is 416 g/mol. The fraction of sp³-hybridized carbons (Fsp3) is 0.286. The Balaban J connectivity index is 2.38. The number of nitrogens with zero attached hydrogens (tertiary/aromatic N) is 1. The molecule has 5 N–H and O–H groups in total. The molecule has 30 heavy (non-hydrogen) atoms. The van der Waals surface area contributed by atoms with Gasteiger partial charge in [0.15, 0.2) is 17.0 Å². The Morgan fingerprint density at radius 1 is 1.07 bits per heavy atom. The van der Waals surface area contributed by atoms with Crippen molar-refractivity contribution < 1.29 is 34.4 Å². The van der Waals surface area contributed by atoms with Crippen LogP contribution in [0.15, 0.2) is 48.5 Å². The van der Waals surface area contributed by atoms with Crippen molar-refractivity contribution in [2.45, 2.75) is 38.5 Å². The van der Waals surface area contributed by atoms with E-state index in [4.69, 9.17) is 10.5 Å². The van der Waals surface area contributed by atoms with Gasteiger partial charge in [-0.15, -0.1) is 0 Å². The van der Waals surface area contributed by atoms with Crippen molar-refractivity contribution in [1.82, 2.24) is 4.90 Å². The van der Waals surface area contributed by atoms with E-state index in [1.165, 1.54) is 26.0 Å². The van der Waals surface area contributed by atoms with Crippen LogP contribution in [-0.4, -0.2) is 49.8 Å². The highest BCUT2D eigenvalue weighted by molar-refractivity contribution is 6.00. The maximum absolute atomic E-state index is 12.8. The summed E-state index contributed by atoms with van der Waals surface area (Å²) >= 11 is 0. The average molecular weight is 416 g/mol. The highest BCUT2D eigenvalue weighted by atomic mass is 16.6. The van der Waals surface area contributed by atoms with Crippen molar-refractivity contribution in [3.05, 3.63) is 59.7 Å². The van der Waals surface area contributed by atoms with Gasteiger partial charge in [-0.3, -0.25) is 4.79 Å². The van der Waals surface area contributed by atoms with Gasteiger partial charge in [0.1, 0.15) is 6.61 Å². The number of carboxylic acids is 1. The molecule has 0 aliphatic heterocycles. The molecule has 2 aromatic rings. The average Bonchev–Trinajstić information content (AvgIpc) is 2.69. The molecule has 0 aromatic heterocycles. The van der Waals surface area contributed by atoms with E-state index in [0.717, 1.165) is 6.07 Å². The van der Waals surface area contributed by atoms with Gasteiger partial charge in [-0.25, -0.2) is 14.5 Å². The molecule has 0 unspecified atom stereocenters. The van der Waals surface area contributed by atoms with E-state index in [2.05, 4.69) is 0 Å². The van der Waals surface area contributed by atoms with E-state index >= 15 is 0 Å². The molecule has 2 amide bonds. The first kappa shape index (κ1) is 22.7. The number of phenolic OH excluding ortho intramolecular Hbond substituents is 2. The van der Waals surface area contributed by atoms with Crippen LogP contribution < -0.4 is 5.73 Å². The van der Waals surface area contributed by atoms with Crippen LogP contribution >= 0.6 is 0 Å². The number of nitrogens with two attached hydrogens (primary N) is 1. The third-order valence-corrected chi connectivity index (χ3v) is 4.54. The van der Waals surface area contributed by atoms with Crippen LogP contribution in [0.25, 0.3) is 0 Å². The van der Waals surface area contributed by atoms with Gasteiger partial charge in [-0.05, 0) is 37.1 Å². The number of aromatic hydroxyl groups is 2. The van der Waals surface area contributed by atoms with Gasteiger partial charge in [0.25, 0.3) is 0 Å². The molecule has 2 aromatic carbocycles. The van der Waals surface area contributed by atoms with Crippen molar-refractivity contribution in [2.24, 2.45) is 5.73 Å². The third-order valence-electron chi connectivity index (χ3n) is 4.54. The molecule has 9 nitrogen and oxygen atoms in total. The van der Waals surface area contributed by atoms with E-state index in [-0.39, 0.29) is 24.3 Å². The van der Waals surface area contributed by atoms with Gasteiger partial charge in [-0.1, -0.05) is 36.4 Å². The Hall–Kier alpha value is -3.59. The van der Waals surface area contributed by atoms with E-state index in [9.17, 15) is 29.7 Å². The number of imide groups is 1. The number of aliphatic carboxylic acids is 1. The zero-order chi connectivity index (χ0) is 22.5. The lowest BCUT2D eigenvalue weighted by Gasteiger charge is -2.36. The van der Waals surface area contributed by atoms with Crippen LogP contribution in [0.3, 0.4) is 0 Å². The van der Waals surface area contributed by atoms with Gasteiger partial charge in [0.2, 0.25) is 5.91 Å². The molecule has 160 valence electrons. The molecular formula is C21H24N2O7. The zero-order valence-electron chi connectivity index (χ0n) is 16.6. The summed E-state index contributed by atoms with van der Waals surface area (Å²) < 4.78 is 5.20. The Bertz CT molecular complexity index is 930. The molecule has 0 saturated carbocycles. The van der Waals surface area contributed by atoms with Crippen molar-refractivity contribution in [3.63, 3.8) is 0 Å². The molecule has 9 heteroatoms. The second kappa shape index (κ2) is 9.27. The quantitative estimate of drug-likeness (QED) is 0.500. The van der Waals surface area contributed by atoms with Crippen LogP contribution in [0.2, 0.25) is 0 Å². The standard InChI is InChI=1S/C21H24N2O7/c1-13(22)18(26)23(20(29)30-12-14-6-4-3-5-7-14)21(2,19(27)28)11-15-8-9-16(24)17(25)10-15/h3-10,13,24-25H,11-12,22H2,1-2H3,(H,27,28)/t13-,21+/m1/s1. The van der Waals surface area contributed by atoms with Gasteiger partial charge in [0, 0.05) is 6.42 Å². The summed E-state index contributed by atoms with van der Waals surface area (Å²) in [6, 6.07) is 11.2. The maximum atomic E-state index is 12.8. The molecule has 0 aliphatic carbocycles. The van der Waals surface area contributed by atoms with Gasteiger partial charge in [0.05, 0.1) is 6.04 Å². The minimum Gasteiger partial charge on any atom is -0.504 e. The molecule has 0 bridgehead atoms. The summed E-state index contributed by atoms with van der Waals surface area (Å²) in [5, 5.41) is 29.1. The van der Waals surface area contributed by atoms with Gasteiger partial charge >= 0.3 is 12.1 Å². The predicted octanol–water partition coefficient (Wildman–Crippen LogP) is 2.00. The first-order valence-corrected chi connectivity index (χ1v) is 9.11. The van der Waals surface area contributed by atoms with Crippen LogP contribution in [0.1, 0.15) is 25.0 Å².